The van der Waals surface area contributed by atoms with Gasteiger partial charge in [0, 0.05) is 0 Å². The number of thioether (sulfide) groups is 1. The topological polar surface area (TPSA) is 43.7 Å². The van der Waals surface area contributed by atoms with Crippen molar-refractivity contribution in [3.63, 3.8) is 0 Å². The summed E-state index contributed by atoms with van der Waals surface area (Å²) in [7, 11) is 2.26. The lowest BCUT2D eigenvalue weighted by atomic mass is 9.89. The zero-order valence-corrected chi connectivity index (χ0v) is 23.1. The van der Waals surface area contributed by atoms with E-state index in [1.807, 2.05) is 24.3 Å². The smallest absolute Gasteiger partial charge is 0.115 e. The van der Waals surface area contributed by atoms with Crippen molar-refractivity contribution >= 4 is 22.9 Å². The number of allylic oxidation sites excluding steroid dienone is 2. The average molecular weight is 498 g/mol. The molecule has 0 aliphatic rings. The van der Waals surface area contributed by atoms with Crippen LogP contribution in [0.15, 0.2) is 48.5 Å². The van der Waals surface area contributed by atoms with Gasteiger partial charge >= 0.3 is 0 Å². The fraction of sp³-hybridized carbons (Fsp3) is 0.548. The van der Waals surface area contributed by atoms with Gasteiger partial charge < -0.3 is 15.1 Å². The highest BCUT2D eigenvalue weighted by Gasteiger charge is 2.11. The first kappa shape index (κ1) is 29.3. The third kappa shape index (κ3) is 11.6. The Hall–Kier alpha value is -1.91. The van der Waals surface area contributed by atoms with Gasteiger partial charge in [-0.1, -0.05) is 63.8 Å². The highest BCUT2D eigenvalue weighted by atomic mass is 32.2. The number of unbranched alkanes of at least 4 members (excludes halogenated alkanes) is 5. The van der Waals surface area contributed by atoms with Crippen molar-refractivity contribution < 1.29 is 10.2 Å². The molecule has 2 aromatic rings. The van der Waals surface area contributed by atoms with Gasteiger partial charge in [0.05, 0.1) is 0 Å². The molecular formula is C31H47NO2S. The lowest BCUT2D eigenvalue weighted by Gasteiger charge is -2.17. The van der Waals surface area contributed by atoms with Gasteiger partial charge in [-0.25, -0.2) is 0 Å². The predicted molar refractivity (Wildman–Crippen MR) is 155 cm³/mol. The van der Waals surface area contributed by atoms with E-state index in [2.05, 4.69) is 37.6 Å². The first-order valence-corrected chi connectivity index (χ1v) is 14.8. The van der Waals surface area contributed by atoms with Crippen LogP contribution in [0.5, 0.6) is 11.5 Å². The minimum absolute atomic E-state index is 0.297. The third-order valence-electron chi connectivity index (χ3n) is 6.59. The van der Waals surface area contributed by atoms with Crippen LogP contribution in [0.1, 0.15) is 89.2 Å². The molecule has 0 bridgehead atoms. The summed E-state index contributed by atoms with van der Waals surface area (Å²) in [5, 5.41) is 19.5. The molecule has 2 aromatic carbocycles. The van der Waals surface area contributed by atoms with Crippen LogP contribution in [-0.2, 0) is 0 Å². The average Bonchev–Trinajstić information content (AvgIpc) is 2.86. The highest BCUT2D eigenvalue weighted by molar-refractivity contribution is 7.99. The summed E-state index contributed by atoms with van der Waals surface area (Å²) in [4.78, 5) is 2.49. The summed E-state index contributed by atoms with van der Waals surface area (Å²) in [6, 6.07) is 15.2. The number of nitrogens with zero attached hydrogens (tertiary/aromatic N) is 1. The Morgan fingerprint density at radius 3 is 1.80 bits per heavy atom. The maximum Gasteiger partial charge on any atom is 0.115 e. The summed E-state index contributed by atoms with van der Waals surface area (Å²) in [5.74, 6) is 3.22. The molecule has 0 spiro atoms. The van der Waals surface area contributed by atoms with E-state index in [4.69, 9.17) is 0 Å². The number of rotatable bonds is 18. The van der Waals surface area contributed by atoms with Crippen LogP contribution in [0, 0.1) is 0 Å². The number of hydrogen-bond donors (Lipinski definition) is 2. The van der Waals surface area contributed by atoms with Crippen molar-refractivity contribution in [2.75, 3.05) is 31.6 Å². The number of phenols is 2. The summed E-state index contributed by atoms with van der Waals surface area (Å²) >= 11 is 2.12. The summed E-state index contributed by atoms with van der Waals surface area (Å²) in [6.45, 7) is 6.86. The van der Waals surface area contributed by atoms with E-state index in [0.29, 0.717) is 11.5 Å². The van der Waals surface area contributed by atoms with Gasteiger partial charge in [0.15, 0.2) is 0 Å². The van der Waals surface area contributed by atoms with Crippen molar-refractivity contribution in [1.29, 1.82) is 0 Å². The largest absolute Gasteiger partial charge is 0.508 e. The Bertz CT molecular complexity index is 845. The molecule has 0 saturated heterocycles. The van der Waals surface area contributed by atoms with Crippen LogP contribution in [0.3, 0.4) is 0 Å². The second-order valence-corrected chi connectivity index (χ2v) is 10.8. The van der Waals surface area contributed by atoms with Gasteiger partial charge in [-0.3, -0.25) is 0 Å². The van der Waals surface area contributed by atoms with E-state index < -0.39 is 0 Å². The van der Waals surface area contributed by atoms with Crippen LogP contribution >= 0.6 is 11.8 Å². The first-order valence-electron chi connectivity index (χ1n) is 13.6. The molecule has 0 radical (unpaired) electrons. The zero-order valence-electron chi connectivity index (χ0n) is 22.3. The normalized spacial score (nSPS) is 12.2. The molecule has 0 aliphatic carbocycles. The molecule has 0 unspecified atom stereocenters. The molecule has 0 aliphatic heterocycles. The molecular weight excluding hydrogens is 450 g/mol. The minimum atomic E-state index is 0.297. The zero-order chi connectivity index (χ0) is 25.3. The van der Waals surface area contributed by atoms with Crippen LogP contribution in [0.25, 0.3) is 11.1 Å². The Kier molecular flexibility index (Phi) is 14.7. The van der Waals surface area contributed by atoms with Crippen LogP contribution in [0.2, 0.25) is 0 Å². The molecule has 0 aromatic heterocycles. The van der Waals surface area contributed by atoms with E-state index in [0.717, 1.165) is 19.3 Å². The van der Waals surface area contributed by atoms with Gasteiger partial charge in [0.1, 0.15) is 11.5 Å². The molecule has 194 valence electrons. The molecule has 0 atom stereocenters. The SMILES string of the molecule is CCCCCSCCCN(C)CCCCCC/C(=C(/CC)c1ccc(O)cc1)c1ccc(O)cc1. The predicted octanol–water partition coefficient (Wildman–Crippen LogP) is 8.61. The molecule has 4 heteroatoms. The van der Waals surface area contributed by atoms with Gasteiger partial charge in [-0.15, -0.1) is 0 Å². The number of aromatic hydroxyl groups is 2. The molecule has 3 nitrogen and oxygen atoms in total. The van der Waals surface area contributed by atoms with Crippen LogP contribution in [-0.4, -0.2) is 46.8 Å². The molecule has 2 N–H and O–H groups in total. The maximum atomic E-state index is 9.76. The minimum Gasteiger partial charge on any atom is -0.508 e. The molecule has 0 saturated carbocycles. The van der Waals surface area contributed by atoms with Crippen LogP contribution < -0.4 is 0 Å². The Morgan fingerprint density at radius 2 is 1.20 bits per heavy atom. The maximum absolute atomic E-state index is 9.76. The van der Waals surface area contributed by atoms with Gasteiger partial charge in [-0.2, -0.15) is 11.8 Å². The number of phenolic OH excluding ortho intramolecular Hbond substituents is 2. The van der Waals surface area contributed by atoms with Crippen molar-refractivity contribution in [2.45, 2.75) is 78.1 Å². The number of benzene rings is 2. The fourth-order valence-electron chi connectivity index (χ4n) is 4.53. The molecule has 0 heterocycles. The van der Waals surface area contributed by atoms with E-state index in [1.165, 1.54) is 91.8 Å². The second kappa shape index (κ2) is 17.5. The van der Waals surface area contributed by atoms with Crippen molar-refractivity contribution in [2.24, 2.45) is 0 Å². The Morgan fingerprint density at radius 1 is 0.657 bits per heavy atom. The summed E-state index contributed by atoms with van der Waals surface area (Å²) in [6.07, 6.45) is 12.2. The Labute approximate surface area is 218 Å². The van der Waals surface area contributed by atoms with Crippen molar-refractivity contribution in [3.05, 3.63) is 59.7 Å². The van der Waals surface area contributed by atoms with Gasteiger partial charge in [0.25, 0.3) is 0 Å². The lowest BCUT2D eigenvalue weighted by Crippen LogP contribution is -2.21. The monoisotopic (exact) mass is 497 g/mol. The van der Waals surface area contributed by atoms with E-state index in [9.17, 15) is 10.2 Å². The fourth-order valence-corrected chi connectivity index (χ4v) is 5.47. The van der Waals surface area contributed by atoms with Crippen molar-refractivity contribution in [3.8, 4) is 11.5 Å². The number of hydrogen-bond acceptors (Lipinski definition) is 4. The standard InChI is InChI=1S/C31H47NO2S/c1-4-6-11-24-35-25-12-23-32(3)22-10-8-7-9-13-31(27-16-20-29(34)21-17-27)30(5-2)26-14-18-28(33)19-15-26/h14-21,33-34H,4-13,22-25H2,1-3H3/b31-30+. The van der Waals surface area contributed by atoms with E-state index in [-0.39, 0.29) is 0 Å². The van der Waals surface area contributed by atoms with Gasteiger partial charge in [0.2, 0.25) is 0 Å². The lowest BCUT2D eigenvalue weighted by molar-refractivity contribution is 0.325. The van der Waals surface area contributed by atoms with E-state index >= 15 is 0 Å². The Balaban J connectivity index is 1.80. The first-order chi connectivity index (χ1) is 17.0. The summed E-state index contributed by atoms with van der Waals surface area (Å²) in [5.41, 5.74) is 5.02. The van der Waals surface area contributed by atoms with Crippen molar-refractivity contribution in [1.82, 2.24) is 4.90 Å². The molecule has 0 fully saturated rings. The quantitative estimate of drug-likeness (QED) is 0.160. The highest BCUT2D eigenvalue weighted by Crippen LogP contribution is 2.34. The molecule has 0 amide bonds. The van der Waals surface area contributed by atoms with Gasteiger partial charge in [-0.05, 0) is 117 Å². The second-order valence-electron chi connectivity index (χ2n) is 9.54. The third-order valence-corrected chi connectivity index (χ3v) is 7.74. The van der Waals surface area contributed by atoms with E-state index in [1.54, 1.807) is 24.3 Å². The molecule has 35 heavy (non-hydrogen) atoms. The summed E-state index contributed by atoms with van der Waals surface area (Å²) < 4.78 is 0. The van der Waals surface area contributed by atoms with Crippen LogP contribution in [0.4, 0.5) is 0 Å². The molecule has 2 rings (SSSR count).